The van der Waals surface area contributed by atoms with Gasteiger partial charge >= 0.3 is 0 Å². The molecule has 1 saturated heterocycles. The van der Waals surface area contributed by atoms with E-state index in [0.29, 0.717) is 6.04 Å². The molecule has 2 aliphatic heterocycles. The van der Waals surface area contributed by atoms with Gasteiger partial charge in [-0.25, -0.2) is 0 Å². The highest BCUT2D eigenvalue weighted by Gasteiger charge is 2.36. The Morgan fingerprint density at radius 1 is 1.35 bits per heavy atom. The molecule has 17 heavy (non-hydrogen) atoms. The fourth-order valence-electron chi connectivity index (χ4n) is 3.05. The van der Waals surface area contributed by atoms with Crippen molar-refractivity contribution in [3.8, 4) is 0 Å². The van der Waals surface area contributed by atoms with Crippen molar-refractivity contribution < 1.29 is 4.79 Å². The first-order valence-electron chi connectivity index (χ1n) is 6.38. The highest BCUT2D eigenvalue weighted by molar-refractivity contribution is 5.82. The van der Waals surface area contributed by atoms with Crippen LogP contribution in [0.2, 0.25) is 0 Å². The molecule has 3 nitrogen and oxygen atoms in total. The van der Waals surface area contributed by atoms with Crippen LogP contribution in [0, 0.1) is 0 Å². The van der Waals surface area contributed by atoms with Crippen molar-refractivity contribution in [3.63, 3.8) is 0 Å². The van der Waals surface area contributed by atoms with Gasteiger partial charge in [-0.05, 0) is 30.9 Å². The Bertz CT molecular complexity index is 444. The van der Waals surface area contributed by atoms with E-state index in [2.05, 4.69) is 41.4 Å². The molecule has 0 aromatic heterocycles. The maximum absolute atomic E-state index is 11.9. The van der Waals surface area contributed by atoms with Crippen LogP contribution >= 0.6 is 0 Å². The second-order valence-electron chi connectivity index (χ2n) is 5.00. The molecule has 3 rings (SSSR count). The van der Waals surface area contributed by atoms with Crippen LogP contribution in [0.1, 0.15) is 36.9 Å². The molecule has 2 atom stereocenters. The van der Waals surface area contributed by atoms with Crippen molar-refractivity contribution in [1.82, 2.24) is 10.2 Å². The molecule has 0 bridgehead atoms. The average molecular weight is 230 g/mol. The number of carbonyl (C=O) groups excluding carboxylic acids is 1. The number of rotatable bonds is 1. The van der Waals surface area contributed by atoms with Gasteiger partial charge in [0.2, 0.25) is 5.91 Å². The van der Waals surface area contributed by atoms with Crippen molar-refractivity contribution in [2.24, 2.45) is 0 Å². The first-order valence-corrected chi connectivity index (χ1v) is 6.38. The number of fused-ring (bicyclic) bond motifs is 1. The Balaban J connectivity index is 1.85. The molecule has 3 heteroatoms. The molecule has 1 amide bonds. The predicted molar refractivity (Wildman–Crippen MR) is 66.4 cm³/mol. The van der Waals surface area contributed by atoms with Crippen molar-refractivity contribution in [2.75, 3.05) is 6.54 Å². The summed E-state index contributed by atoms with van der Waals surface area (Å²) < 4.78 is 0. The lowest BCUT2D eigenvalue weighted by Gasteiger charge is -2.33. The van der Waals surface area contributed by atoms with E-state index in [0.717, 1.165) is 25.9 Å². The molecule has 1 fully saturated rings. The number of hydrogen-bond acceptors (Lipinski definition) is 2. The van der Waals surface area contributed by atoms with Crippen LogP contribution in [0.5, 0.6) is 0 Å². The Morgan fingerprint density at radius 2 is 2.18 bits per heavy atom. The van der Waals surface area contributed by atoms with Gasteiger partial charge in [-0.15, -0.1) is 0 Å². The smallest absolute Gasteiger partial charge is 0.237 e. The Hall–Kier alpha value is -1.35. The van der Waals surface area contributed by atoms with Crippen molar-refractivity contribution in [2.45, 2.75) is 38.4 Å². The fraction of sp³-hybridized carbons (Fsp3) is 0.500. The van der Waals surface area contributed by atoms with Gasteiger partial charge in [0.1, 0.15) is 0 Å². The molecule has 0 radical (unpaired) electrons. The van der Waals surface area contributed by atoms with Gasteiger partial charge in [-0.2, -0.15) is 0 Å². The molecule has 1 aromatic carbocycles. The summed E-state index contributed by atoms with van der Waals surface area (Å²) >= 11 is 0. The lowest BCUT2D eigenvalue weighted by Crippen LogP contribution is -2.49. The van der Waals surface area contributed by atoms with E-state index in [1.807, 2.05) is 0 Å². The minimum atomic E-state index is 0.0612. The van der Waals surface area contributed by atoms with Crippen molar-refractivity contribution in [3.05, 3.63) is 35.4 Å². The number of amides is 1. The molecule has 90 valence electrons. The molecular formula is C14H18N2O. The SMILES string of the molecule is C[C@H]1c2ccccc2CN1C1CCCNC1=O. The molecule has 0 aliphatic carbocycles. The van der Waals surface area contributed by atoms with E-state index in [-0.39, 0.29) is 11.9 Å². The second-order valence-corrected chi connectivity index (χ2v) is 5.00. The van der Waals surface area contributed by atoms with E-state index in [1.54, 1.807) is 0 Å². The maximum Gasteiger partial charge on any atom is 0.237 e. The topological polar surface area (TPSA) is 32.3 Å². The molecule has 0 spiro atoms. The molecule has 1 aromatic rings. The minimum absolute atomic E-state index is 0.0612. The summed E-state index contributed by atoms with van der Waals surface area (Å²) in [5.41, 5.74) is 2.75. The zero-order chi connectivity index (χ0) is 11.8. The highest BCUT2D eigenvalue weighted by Crippen LogP contribution is 2.35. The normalized spacial score (nSPS) is 28.9. The van der Waals surface area contributed by atoms with Crippen LogP contribution < -0.4 is 5.32 Å². The number of hydrogen-bond donors (Lipinski definition) is 1. The summed E-state index contributed by atoms with van der Waals surface area (Å²) in [6, 6.07) is 8.94. The van der Waals surface area contributed by atoms with E-state index < -0.39 is 0 Å². The van der Waals surface area contributed by atoms with E-state index in [4.69, 9.17) is 0 Å². The molecule has 2 aliphatic rings. The van der Waals surface area contributed by atoms with E-state index in [1.165, 1.54) is 11.1 Å². The largest absolute Gasteiger partial charge is 0.355 e. The summed E-state index contributed by atoms with van der Waals surface area (Å²) in [4.78, 5) is 14.3. The van der Waals surface area contributed by atoms with Gasteiger partial charge < -0.3 is 5.32 Å². The van der Waals surface area contributed by atoms with Crippen molar-refractivity contribution in [1.29, 1.82) is 0 Å². The van der Waals surface area contributed by atoms with E-state index >= 15 is 0 Å². The van der Waals surface area contributed by atoms with Gasteiger partial charge in [0.15, 0.2) is 0 Å². The molecule has 0 saturated carbocycles. The third-order valence-corrected chi connectivity index (χ3v) is 4.01. The summed E-state index contributed by atoms with van der Waals surface area (Å²) in [7, 11) is 0. The average Bonchev–Trinajstić information content (AvgIpc) is 2.68. The third kappa shape index (κ3) is 1.75. The van der Waals surface area contributed by atoms with Crippen LogP contribution in [0.4, 0.5) is 0 Å². The quantitative estimate of drug-likeness (QED) is 0.798. The zero-order valence-electron chi connectivity index (χ0n) is 10.1. The minimum Gasteiger partial charge on any atom is -0.355 e. The van der Waals surface area contributed by atoms with Gasteiger partial charge in [0.25, 0.3) is 0 Å². The Kier molecular flexibility index (Phi) is 2.63. The lowest BCUT2D eigenvalue weighted by atomic mass is 10.0. The van der Waals surface area contributed by atoms with Crippen LogP contribution in [0.15, 0.2) is 24.3 Å². The monoisotopic (exact) mass is 230 g/mol. The fourth-order valence-corrected chi connectivity index (χ4v) is 3.05. The number of piperidine rings is 1. The standard InChI is InChI=1S/C14H18N2O/c1-10-12-6-3-2-5-11(12)9-16(10)13-7-4-8-15-14(13)17/h2-3,5-6,10,13H,4,7-9H2,1H3,(H,15,17)/t10-,13?/m0/s1. The molecular weight excluding hydrogens is 212 g/mol. The summed E-state index contributed by atoms with van der Waals surface area (Å²) in [6.45, 7) is 3.95. The van der Waals surface area contributed by atoms with Crippen LogP contribution in [-0.4, -0.2) is 23.4 Å². The zero-order valence-corrected chi connectivity index (χ0v) is 10.1. The summed E-state index contributed by atoms with van der Waals surface area (Å²) in [5, 5.41) is 2.98. The van der Waals surface area contributed by atoms with Gasteiger partial charge in [0.05, 0.1) is 6.04 Å². The number of carbonyl (C=O) groups is 1. The molecule has 1 N–H and O–H groups in total. The number of benzene rings is 1. The van der Waals surface area contributed by atoms with Gasteiger partial charge in [-0.3, -0.25) is 9.69 Å². The molecule has 1 unspecified atom stereocenters. The Labute approximate surface area is 102 Å². The number of nitrogens with one attached hydrogen (secondary N) is 1. The summed E-state index contributed by atoms with van der Waals surface area (Å²) in [6.07, 6.45) is 2.08. The Morgan fingerprint density at radius 3 is 2.94 bits per heavy atom. The summed E-state index contributed by atoms with van der Waals surface area (Å²) in [5.74, 6) is 0.205. The van der Waals surface area contributed by atoms with Crippen LogP contribution in [-0.2, 0) is 11.3 Å². The van der Waals surface area contributed by atoms with Crippen molar-refractivity contribution >= 4 is 5.91 Å². The van der Waals surface area contributed by atoms with Gasteiger partial charge in [0, 0.05) is 19.1 Å². The van der Waals surface area contributed by atoms with Crippen LogP contribution in [0.3, 0.4) is 0 Å². The number of nitrogens with zero attached hydrogens (tertiary/aromatic N) is 1. The first kappa shape index (κ1) is 10.8. The second kappa shape index (κ2) is 4.15. The van der Waals surface area contributed by atoms with Gasteiger partial charge in [-0.1, -0.05) is 24.3 Å². The van der Waals surface area contributed by atoms with E-state index in [9.17, 15) is 4.79 Å². The predicted octanol–water partition coefficient (Wildman–Crippen LogP) is 1.84. The first-order chi connectivity index (χ1) is 8.27. The highest BCUT2D eigenvalue weighted by atomic mass is 16.2. The van der Waals surface area contributed by atoms with Crippen LogP contribution in [0.25, 0.3) is 0 Å². The molecule has 2 heterocycles. The maximum atomic E-state index is 11.9. The lowest BCUT2D eigenvalue weighted by molar-refractivity contribution is -0.129. The third-order valence-electron chi connectivity index (χ3n) is 4.01.